The number of nitrogens with zero attached hydrogens (tertiary/aromatic N) is 4. The van der Waals surface area contributed by atoms with E-state index in [9.17, 15) is 0 Å². The summed E-state index contributed by atoms with van der Waals surface area (Å²) in [6, 6.07) is 7.73. The zero-order chi connectivity index (χ0) is 13.0. The van der Waals surface area contributed by atoms with Crippen LogP contribution in [-0.4, -0.2) is 33.9 Å². The van der Waals surface area contributed by atoms with Crippen LogP contribution in [0.5, 0.6) is 0 Å². The number of tetrazole rings is 1. The molecule has 0 saturated heterocycles. The van der Waals surface area contributed by atoms with Gasteiger partial charge in [0.15, 0.2) is 5.82 Å². The third-order valence-corrected chi connectivity index (χ3v) is 2.85. The Hall–Kier alpha value is -1.95. The maximum absolute atomic E-state index is 5.95. The van der Waals surface area contributed by atoms with Crippen LogP contribution >= 0.6 is 0 Å². The maximum atomic E-state index is 5.95. The first-order valence-corrected chi connectivity index (χ1v) is 5.85. The Labute approximate surface area is 106 Å². The van der Waals surface area contributed by atoms with E-state index in [1.165, 1.54) is 0 Å². The summed E-state index contributed by atoms with van der Waals surface area (Å²) < 4.78 is 6.86. The molecular weight excluding hydrogens is 230 g/mol. The average Bonchev–Trinajstić information content (AvgIpc) is 2.85. The number of methoxy groups -OCH3 is 1. The van der Waals surface area contributed by atoms with Crippen molar-refractivity contribution in [2.24, 2.45) is 0 Å². The van der Waals surface area contributed by atoms with Crippen LogP contribution in [0.2, 0.25) is 0 Å². The van der Waals surface area contributed by atoms with E-state index in [1.807, 2.05) is 24.3 Å². The highest BCUT2D eigenvalue weighted by Crippen LogP contribution is 2.25. The van der Waals surface area contributed by atoms with Gasteiger partial charge in [0.25, 0.3) is 0 Å². The van der Waals surface area contributed by atoms with Crippen molar-refractivity contribution in [3.8, 4) is 11.4 Å². The first-order valence-electron chi connectivity index (χ1n) is 5.85. The van der Waals surface area contributed by atoms with E-state index in [4.69, 9.17) is 10.5 Å². The van der Waals surface area contributed by atoms with E-state index in [1.54, 1.807) is 11.8 Å². The molecule has 0 spiro atoms. The Morgan fingerprint density at radius 2 is 2.17 bits per heavy atom. The first-order chi connectivity index (χ1) is 8.74. The van der Waals surface area contributed by atoms with Crippen molar-refractivity contribution in [2.45, 2.75) is 19.4 Å². The van der Waals surface area contributed by atoms with Gasteiger partial charge in [-0.1, -0.05) is 12.1 Å². The molecule has 0 bridgehead atoms. The molecule has 6 nitrogen and oxygen atoms in total. The zero-order valence-corrected chi connectivity index (χ0v) is 10.6. The lowest BCUT2D eigenvalue weighted by Crippen LogP contribution is -2.11. The van der Waals surface area contributed by atoms with Crippen molar-refractivity contribution < 1.29 is 4.74 Å². The summed E-state index contributed by atoms with van der Waals surface area (Å²) >= 11 is 0. The van der Waals surface area contributed by atoms with E-state index in [0.717, 1.165) is 12.0 Å². The number of nitrogens with two attached hydrogens (primary N) is 1. The summed E-state index contributed by atoms with van der Waals surface area (Å²) in [6.07, 6.45) is 0.848. The minimum atomic E-state index is 0.162. The van der Waals surface area contributed by atoms with Gasteiger partial charge in [-0.2, -0.15) is 0 Å². The van der Waals surface area contributed by atoms with E-state index in [-0.39, 0.29) is 6.04 Å². The van der Waals surface area contributed by atoms with Crippen LogP contribution in [0.25, 0.3) is 11.4 Å². The van der Waals surface area contributed by atoms with E-state index >= 15 is 0 Å². The van der Waals surface area contributed by atoms with Gasteiger partial charge in [0.2, 0.25) is 0 Å². The molecule has 0 fully saturated rings. The maximum Gasteiger partial charge on any atom is 0.184 e. The van der Waals surface area contributed by atoms with Crippen LogP contribution in [-0.2, 0) is 4.74 Å². The molecule has 0 amide bonds. The third-order valence-electron chi connectivity index (χ3n) is 2.85. The fraction of sp³-hybridized carbons (Fsp3) is 0.417. The predicted octanol–water partition coefficient (Wildman–Crippen LogP) is 1.52. The molecular formula is C12H17N5O. The molecule has 96 valence electrons. The van der Waals surface area contributed by atoms with Crippen molar-refractivity contribution in [3.05, 3.63) is 24.3 Å². The second-order valence-corrected chi connectivity index (χ2v) is 4.16. The summed E-state index contributed by atoms with van der Waals surface area (Å²) in [4.78, 5) is 0. The molecule has 1 aromatic carbocycles. The fourth-order valence-corrected chi connectivity index (χ4v) is 1.78. The number of nitrogen functional groups attached to an aromatic ring is 1. The molecule has 2 rings (SSSR count). The minimum absolute atomic E-state index is 0.162. The molecule has 2 N–H and O–H groups in total. The number of hydrogen-bond acceptors (Lipinski definition) is 5. The predicted molar refractivity (Wildman–Crippen MR) is 68.9 cm³/mol. The molecule has 6 heteroatoms. The van der Waals surface area contributed by atoms with Crippen LogP contribution in [0.3, 0.4) is 0 Å². The molecule has 18 heavy (non-hydrogen) atoms. The first kappa shape index (κ1) is 12.5. The SMILES string of the molecule is COCCC(C)n1nnnc1-c1ccccc1N. The number of rotatable bonds is 5. The number of para-hydroxylation sites is 1. The number of aromatic nitrogens is 4. The van der Waals surface area contributed by atoms with Gasteiger partial charge in [-0.3, -0.25) is 0 Å². The van der Waals surface area contributed by atoms with Crippen molar-refractivity contribution >= 4 is 5.69 Å². The van der Waals surface area contributed by atoms with Crippen LogP contribution < -0.4 is 5.73 Å². The van der Waals surface area contributed by atoms with Gasteiger partial charge in [-0.15, -0.1) is 5.10 Å². The molecule has 0 radical (unpaired) electrons. The van der Waals surface area contributed by atoms with Gasteiger partial charge in [0, 0.05) is 25.0 Å². The molecule has 1 heterocycles. The smallest absolute Gasteiger partial charge is 0.184 e. The third kappa shape index (κ3) is 2.48. The normalized spacial score (nSPS) is 12.6. The summed E-state index contributed by atoms with van der Waals surface area (Å²) in [5, 5.41) is 11.8. The second-order valence-electron chi connectivity index (χ2n) is 4.16. The summed E-state index contributed by atoms with van der Waals surface area (Å²) in [5.41, 5.74) is 7.47. The lowest BCUT2D eigenvalue weighted by Gasteiger charge is -2.13. The lowest BCUT2D eigenvalue weighted by atomic mass is 10.1. The van der Waals surface area contributed by atoms with Gasteiger partial charge in [-0.05, 0) is 35.9 Å². The highest BCUT2D eigenvalue weighted by atomic mass is 16.5. The topological polar surface area (TPSA) is 78.8 Å². The standard InChI is InChI=1S/C12H17N5O/c1-9(7-8-18-2)17-12(14-15-16-17)10-5-3-4-6-11(10)13/h3-6,9H,7-8,13H2,1-2H3. The quantitative estimate of drug-likeness (QED) is 0.810. The monoisotopic (exact) mass is 247 g/mol. The van der Waals surface area contributed by atoms with Crippen molar-refractivity contribution in [2.75, 3.05) is 19.5 Å². The molecule has 2 aromatic rings. The van der Waals surface area contributed by atoms with E-state index < -0.39 is 0 Å². The highest BCUT2D eigenvalue weighted by molar-refractivity contribution is 5.71. The molecule has 0 aliphatic carbocycles. The highest BCUT2D eigenvalue weighted by Gasteiger charge is 2.15. The molecule has 0 aliphatic heterocycles. The van der Waals surface area contributed by atoms with Gasteiger partial charge >= 0.3 is 0 Å². The van der Waals surface area contributed by atoms with Gasteiger partial charge in [-0.25, -0.2) is 4.68 Å². The Bertz CT molecular complexity index is 511. The minimum Gasteiger partial charge on any atom is -0.398 e. The lowest BCUT2D eigenvalue weighted by molar-refractivity contribution is 0.178. The van der Waals surface area contributed by atoms with Crippen LogP contribution in [0.15, 0.2) is 24.3 Å². The summed E-state index contributed by atoms with van der Waals surface area (Å²) in [7, 11) is 1.68. The fourth-order valence-electron chi connectivity index (χ4n) is 1.78. The van der Waals surface area contributed by atoms with Crippen molar-refractivity contribution in [3.63, 3.8) is 0 Å². The Morgan fingerprint density at radius 3 is 2.89 bits per heavy atom. The Balaban J connectivity index is 2.30. The number of anilines is 1. The molecule has 0 saturated carbocycles. The number of ether oxygens (including phenoxy) is 1. The molecule has 1 atom stereocenters. The van der Waals surface area contributed by atoms with E-state index in [0.29, 0.717) is 18.1 Å². The second kappa shape index (κ2) is 5.59. The van der Waals surface area contributed by atoms with Crippen LogP contribution in [0.4, 0.5) is 5.69 Å². The van der Waals surface area contributed by atoms with Crippen LogP contribution in [0, 0.1) is 0 Å². The Kier molecular flexibility index (Phi) is 3.88. The number of benzene rings is 1. The summed E-state index contributed by atoms with van der Waals surface area (Å²) in [5.74, 6) is 0.691. The van der Waals surface area contributed by atoms with Crippen LogP contribution in [0.1, 0.15) is 19.4 Å². The van der Waals surface area contributed by atoms with E-state index in [2.05, 4.69) is 22.4 Å². The summed E-state index contributed by atoms with van der Waals surface area (Å²) in [6.45, 7) is 2.72. The number of hydrogen-bond donors (Lipinski definition) is 1. The zero-order valence-electron chi connectivity index (χ0n) is 10.6. The average molecular weight is 247 g/mol. The Morgan fingerprint density at radius 1 is 1.39 bits per heavy atom. The largest absolute Gasteiger partial charge is 0.398 e. The molecule has 0 aliphatic rings. The van der Waals surface area contributed by atoms with Crippen molar-refractivity contribution in [1.29, 1.82) is 0 Å². The van der Waals surface area contributed by atoms with Gasteiger partial charge in [0.1, 0.15) is 0 Å². The molecule has 1 aromatic heterocycles. The van der Waals surface area contributed by atoms with Gasteiger partial charge < -0.3 is 10.5 Å². The van der Waals surface area contributed by atoms with Crippen molar-refractivity contribution in [1.82, 2.24) is 20.2 Å². The molecule has 1 unspecified atom stereocenters. The van der Waals surface area contributed by atoms with Gasteiger partial charge in [0.05, 0.1) is 6.04 Å².